The summed E-state index contributed by atoms with van der Waals surface area (Å²) in [5, 5.41) is 14.8. The molecule has 0 saturated carbocycles. The first-order valence-electron chi connectivity index (χ1n) is 6.99. The fourth-order valence-electron chi connectivity index (χ4n) is 1.86. The van der Waals surface area contributed by atoms with E-state index in [2.05, 4.69) is 10.5 Å². The van der Waals surface area contributed by atoms with Gasteiger partial charge in [0, 0.05) is 5.56 Å². The number of aliphatic carboxylic acids is 1. The number of carbonyl (C=O) groups is 2. The lowest BCUT2D eigenvalue weighted by molar-refractivity contribution is -0.307. The third kappa shape index (κ3) is 4.82. The highest BCUT2D eigenvalue weighted by atomic mass is 35.5. The summed E-state index contributed by atoms with van der Waals surface area (Å²) in [5.41, 5.74) is 3.94. The smallest absolute Gasteiger partial charge is 0.272 e. The first-order chi connectivity index (χ1) is 11.5. The molecule has 2 rings (SSSR count). The highest BCUT2D eigenvalue weighted by Crippen LogP contribution is 2.15. The number of benzene rings is 2. The summed E-state index contributed by atoms with van der Waals surface area (Å²) in [6.45, 7) is 1.16. The standard InChI is InChI=1S/C17H15ClN2O4/c1-11(12-5-4-6-13(9-12)24-10-16(21)22)19-20-17(23)14-7-2-3-8-15(14)18/h2-9H,10H2,1H3,(H,20,23)(H,21,22)/p-1/b19-11-. The summed E-state index contributed by atoms with van der Waals surface area (Å²) in [4.78, 5) is 22.5. The molecule has 6 nitrogen and oxygen atoms in total. The van der Waals surface area contributed by atoms with Gasteiger partial charge in [0.25, 0.3) is 5.91 Å². The topological polar surface area (TPSA) is 90.8 Å². The number of ether oxygens (including phenoxy) is 1. The number of amides is 1. The Morgan fingerprint density at radius 1 is 1.21 bits per heavy atom. The van der Waals surface area contributed by atoms with Crippen LogP contribution in [-0.2, 0) is 4.79 Å². The van der Waals surface area contributed by atoms with Crippen molar-refractivity contribution in [1.29, 1.82) is 0 Å². The number of nitrogens with one attached hydrogen (secondary N) is 1. The molecular weight excluding hydrogens is 332 g/mol. The van der Waals surface area contributed by atoms with Gasteiger partial charge in [0.05, 0.1) is 22.3 Å². The van der Waals surface area contributed by atoms with Crippen molar-refractivity contribution in [2.75, 3.05) is 6.61 Å². The average Bonchev–Trinajstić information content (AvgIpc) is 2.58. The van der Waals surface area contributed by atoms with Crippen LogP contribution >= 0.6 is 11.6 Å². The Labute approximate surface area is 143 Å². The second-order valence-electron chi connectivity index (χ2n) is 4.81. The number of hydrogen-bond acceptors (Lipinski definition) is 5. The zero-order valence-corrected chi connectivity index (χ0v) is 13.5. The van der Waals surface area contributed by atoms with Crippen LogP contribution in [0.15, 0.2) is 53.6 Å². The van der Waals surface area contributed by atoms with Crippen LogP contribution in [0.5, 0.6) is 5.75 Å². The van der Waals surface area contributed by atoms with Crippen molar-refractivity contribution in [3.05, 3.63) is 64.7 Å². The summed E-state index contributed by atoms with van der Waals surface area (Å²) < 4.78 is 5.05. The molecule has 0 aliphatic rings. The van der Waals surface area contributed by atoms with E-state index in [4.69, 9.17) is 16.3 Å². The molecule has 2 aromatic carbocycles. The van der Waals surface area contributed by atoms with Crippen molar-refractivity contribution in [2.45, 2.75) is 6.92 Å². The molecule has 0 aliphatic carbocycles. The van der Waals surface area contributed by atoms with Gasteiger partial charge in [-0.3, -0.25) is 4.79 Å². The van der Waals surface area contributed by atoms with E-state index in [0.717, 1.165) is 0 Å². The van der Waals surface area contributed by atoms with Crippen molar-refractivity contribution in [1.82, 2.24) is 5.43 Å². The molecule has 7 heteroatoms. The van der Waals surface area contributed by atoms with E-state index in [1.54, 1.807) is 55.5 Å². The summed E-state index contributed by atoms with van der Waals surface area (Å²) in [5.74, 6) is -1.37. The Morgan fingerprint density at radius 3 is 2.67 bits per heavy atom. The number of carbonyl (C=O) groups excluding carboxylic acids is 2. The number of rotatable bonds is 6. The van der Waals surface area contributed by atoms with Crippen LogP contribution in [0, 0.1) is 0 Å². The largest absolute Gasteiger partial charge is 0.546 e. The quantitative estimate of drug-likeness (QED) is 0.636. The highest BCUT2D eigenvalue weighted by Gasteiger charge is 2.09. The second-order valence-corrected chi connectivity index (χ2v) is 5.21. The van der Waals surface area contributed by atoms with E-state index in [0.29, 0.717) is 27.6 Å². The van der Waals surface area contributed by atoms with Crippen molar-refractivity contribution < 1.29 is 19.4 Å². The molecule has 0 heterocycles. The lowest BCUT2D eigenvalue weighted by Crippen LogP contribution is -2.28. The molecule has 1 amide bonds. The minimum Gasteiger partial charge on any atom is -0.546 e. The fraction of sp³-hybridized carbons (Fsp3) is 0.118. The number of hydrazone groups is 1. The van der Waals surface area contributed by atoms with E-state index in [-0.39, 0.29) is 0 Å². The van der Waals surface area contributed by atoms with Gasteiger partial charge < -0.3 is 14.6 Å². The van der Waals surface area contributed by atoms with Gasteiger partial charge in [-0.1, -0.05) is 35.9 Å². The molecule has 0 radical (unpaired) electrons. The van der Waals surface area contributed by atoms with E-state index >= 15 is 0 Å². The maximum Gasteiger partial charge on any atom is 0.272 e. The van der Waals surface area contributed by atoms with Crippen molar-refractivity contribution in [3.63, 3.8) is 0 Å². The number of halogens is 1. The van der Waals surface area contributed by atoms with Crippen LogP contribution in [0.4, 0.5) is 0 Å². The van der Waals surface area contributed by atoms with Crippen LogP contribution in [-0.4, -0.2) is 24.2 Å². The van der Waals surface area contributed by atoms with Gasteiger partial charge in [-0.15, -0.1) is 0 Å². The number of carboxylic acids is 1. The summed E-state index contributed by atoms with van der Waals surface area (Å²) in [7, 11) is 0. The lowest BCUT2D eigenvalue weighted by atomic mass is 10.1. The zero-order valence-electron chi connectivity index (χ0n) is 12.8. The Kier molecular flexibility index (Phi) is 5.92. The fourth-order valence-corrected chi connectivity index (χ4v) is 2.08. The maximum atomic E-state index is 12.0. The monoisotopic (exact) mass is 345 g/mol. The molecule has 0 saturated heterocycles. The van der Waals surface area contributed by atoms with E-state index in [1.165, 1.54) is 0 Å². The van der Waals surface area contributed by atoms with E-state index < -0.39 is 18.5 Å². The lowest BCUT2D eigenvalue weighted by Gasteiger charge is -2.08. The Balaban J connectivity index is 2.08. The molecule has 24 heavy (non-hydrogen) atoms. The van der Waals surface area contributed by atoms with Gasteiger partial charge in [0.2, 0.25) is 0 Å². The molecule has 1 N–H and O–H groups in total. The van der Waals surface area contributed by atoms with Crippen molar-refractivity contribution >= 4 is 29.2 Å². The Bertz CT molecular complexity index is 790. The van der Waals surface area contributed by atoms with Crippen LogP contribution in [0.3, 0.4) is 0 Å². The first kappa shape index (κ1) is 17.5. The molecule has 0 spiro atoms. The average molecular weight is 346 g/mol. The molecular formula is C17H14ClN2O4-. The minimum atomic E-state index is -1.31. The van der Waals surface area contributed by atoms with Crippen LogP contribution in [0.1, 0.15) is 22.8 Å². The predicted octanol–water partition coefficient (Wildman–Crippen LogP) is 1.62. The van der Waals surface area contributed by atoms with E-state index in [1.807, 2.05) is 0 Å². The van der Waals surface area contributed by atoms with Gasteiger partial charge >= 0.3 is 0 Å². The first-order valence-corrected chi connectivity index (χ1v) is 7.37. The van der Waals surface area contributed by atoms with Crippen LogP contribution in [0.2, 0.25) is 5.02 Å². The molecule has 0 aromatic heterocycles. The molecule has 124 valence electrons. The third-order valence-corrected chi connectivity index (χ3v) is 3.38. The highest BCUT2D eigenvalue weighted by molar-refractivity contribution is 6.33. The Morgan fingerprint density at radius 2 is 1.96 bits per heavy atom. The molecule has 0 bridgehead atoms. The van der Waals surface area contributed by atoms with Gasteiger partial charge in [-0.05, 0) is 31.2 Å². The van der Waals surface area contributed by atoms with Gasteiger partial charge in [-0.2, -0.15) is 5.10 Å². The van der Waals surface area contributed by atoms with Gasteiger partial charge in [0.1, 0.15) is 12.4 Å². The summed E-state index contributed by atoms with van der Waals surface area (Å²) >= 11 is 5.95. The number of nitrogens with zero attached hydrogens (tertiary/aromatic N) is 1. The molecule has 0 atom stereocenters. The van der Waals surface area contributed by atoms with Crippen molar-refractivity contribution in [3.8, 4) is 5.75 Å². The molecule has 0 aliphatic heterocycles. The molecule has 0 fully saturated rings. The Hall–Kier alpha value is -2.86. The predicted molar refractivity (Wildman–Crippen MR) is 88.1 cm³/mol. The summed E-state index contributed by atoms with van der Waals surface area (Å²) in [6, 6.07) is 13.3. The molecule has 2 aromatic rings. The molecule has 0 unspecified atom stereocenters. The summed E-state index contributed by atoms with van der Waals surface area (Å²) in [6.07, 6.45) is 0. The van der Waals surface area contributed by atoms with Gasteiger partial charge in [-0.25, -0.2) is 5.43 Å². The number of hydrogen-bond donors (Lipinski definition) is 1. The number of carboxylic acid groups (broad SMARTS) is 1. The second kappa shape index (κ2) is 8.12. The SMILES string of the molecule is C/C(=N/NC(=O)c1ccccc1Cl)c1cccc(OCC(=O)[O-])c1. The van der Waals surface area contributed by atoms with Crippen molar-refractivity contribution in [2.24, 2.45) is 5.10 Å². The van der Waals surface area contributed by atoms with Gasteiger partial charge in [0.15, 0.2) is 0 Å². The minimum absolute atomic E-state index is 0.321. The van der Waals surface area contributed by atoms with Crippen LogP contribution in [0.25, 0.3) is 0 Å². The zero-order chi connectivity index (χ0) is 17.5. The van der Waals surface area contributed by atoms with E-state index in [9.17, 15) is 14.7 Å². The third-order valence-electron chi connectivity index (χ3n) is 3.05. The van der Waals surface area contributed by atoms with Crippen LogP contribution < -0.4 is 15.3 Å². The normalized spacial score (nSPS) is 11.0. The maximum absolute atomic E-state index is 12.0.